The molecule has 25 heavy (non-hydrogen) atoms. The predicted octanol–water partition coefficient (Wildman–Crippen LogP) is 3.11. The van der Waals surface area contributed by atoms with E-state index in [2.05, 4.69) is 25.8 Å². The molecule has 1 unspecified atom stereocenters. The Balaban J connectivity index is 2.17. The van der Waals surface area contributed by atoms with Crippen LogP contribution in [0.5, 0.6) is 5.75 Å². The number of methoxy groups -OCH3 is 1. The number of ether oxygens (including phenoxy) is 1. The molecule has 0 bridgehead atoms. The number of benzene rings is 1. The van der Waals surface area contributed by atoms with E-state index in [1.807, 2.05) is 6.07 Å². The van der Waals surface area contributed by atoms with Gasteiger partial charge >= 0.3 is 5.69 Å². The average Bonchev–Trinajstić information content (AvgIpc) is 2.57. The molecular weight excluding hydrogens is 320 g/mol. The van der Waals surface area contributed by atoms with Crippen molar-refractivity contribution >= 4 is 5.69 Å². The molecule has 1 aromatic rings. The minimum absolute atomic E-state index is 0.0156. The number of nitrogens with zero attached hydrogens (tertiary/aromatic N) is 2. The van der Waals surface area contributed by atoms with Crippen molar-refractivity contribution < 1.29 is 14.8 Å². The summed E-state index contributed by atoms with van der Waals surface area (Å²) in [7, 11) is 3.54. The van der Waals surface area contributed by atoms with E-state index in [0.717, 1.165) is 37.9 Å². The van der Waals surface area contributed by atoms with Crippen molar-refractivity contribution in [2.75, 3.05) is 27.2 Å². The van der Waals surface area contributed by atoms with Crippen molar-refractivity contribution in [3.05, 3.63) is 33.4 Å². The van der Waals surface area contributed by atoms with Crippen LogP contribution in [0.4, 0.5) is 5.69 Å². The Hall–Kier alpha value is -1.66. The lowest BCUT2D eigenvalue weighted by Gasteiger charge is -2.53. The molecule has 0 spiro atoms. The van der Waals surface area contributed by atoms with Crippen molar-refractivity contribution in [1.29, 1.82) is 0 Å². The first-order valence-electron chi connectivity index (χ1n) is 8.98. The molecule has 1 aromatic carbocycles. The molecule has 3 rings (SSSR count). The second-order valence-corrected chi connectivity index (χ2v) is 8.13. The molecule has 1 aliphatic carbocycles. The van der Waals surface area contributed by atoms with Gasteiger partial charge in [-0.25, -0.2) is 0 Å². The fraction of sp³-hybridized carbons (Fsp3) is 0.684. The zero-order chi connectivity index (χ0) is 18.4. The molecule has 0 saturated carbocycles. The fourth-order valence-electron chi connectivity index (χ4n) is 4.78. The first-order valence-corrected chi connectivity index (χ1v) is 8.98. The molecule has 1 aliphatic heterocycles. The number of aliphatic hydroxyl groups is 1. The molecule has 2 aliphatic rings. The summed E-state index contributed by atoms with van der Waals surface area (Å²) >= 11 is 0. The van der Waals surface area contributed by atoms with Crippen LogP contribution >= 0.6 is 0 Å². The van der Waals surface area contributed by atoms with Gasteiger partial charge in [0.1, 0.15) is 0 Å². The van der Waals surface area contributed by atoms with E-state index >= 15 is 0 Å². The Morgan fingerprint density at radius 1 is 1.32 bits per heavy atom. The first kappa shape index (κ1) is 18.1. The summed E-state index contributed by atoms with van der Waals surface area (Å²) in [6.45, 7) is 6.06. The van der Waals surface area contributed by atoms with Gasteiger partial charge in [0.2, 0.25) is 0 Å². The summed E-state index contributed by atoms with van der Waals surface area (Å²) in [5, 5.41) is 23.6. The van der Waals surface area contributed by atoms with Gasteiger partial charge in [-0.2, -0.15) is 0 Å². The molecule has 6 heteroatoms. The second-order valence-electron chi connectivity index (χ2n) is 8.13. The number of fused-ring (bicyclic) bond motifs is 1. The number of hydrogen-bond donors (Lipinski definition) is 1. The van der Waals surface area contributed by atoms with E-state index in [1.165, 1.54) is 7.11 Å². The van der Waals surface area contributed by atoms with Crippen LogP contribution in [-0.2, 0) is 12.0 Å². The van der Waals surface area contributed by atoms with E-state index in [0.29, 0.717) is 12.0 Å². The van der Waals surface area contributed by atoms with E-state index in [1.54, 1.807) is 6.07 Å². The third-order valence-corrected chi connectivity index (χ3v) is 6.40. The predicted molar refractivity (Wildman–Crippen MR) is 95.9 cm³/mol. The second kappa shape index (κ2) is 6.25. The number of likely N-dealkylation sites (tertiary alicyclic amines) is 1. The maximum atomic E-state index is 12.0. The van der Waals surface area contributed by atoms with E-state index in [9.17, 15) is 15.2 Å². The summed E-state index contributed by atoms with van der Waals surface area (Å²) in [5.74, 6) is 0.375. The summed E-state index contributed by atoms with van der Waals surface area (Å²) in [6, 6.07) is 3.48. The summed E-state index contributed by atoms with van der Waals surface area (Å²) in [4.78, 5) is 13.6. The van der Waals surface area contributed by atoms with Crippen LogP contribution in [0.2, 0.25) is 0 Å². The summed E-state index contributed by atoms with van der Waals surface area (Å²) in [5.41, 5.74) is -0.000181. The number of nitro benzene ring substituents is 1. The Bertz CT molecular complexity index is 680. The SMILES string of the molecule is COc1ccc2c(c1[N+](=O)[O-])CCC(C)(C)C2(O)C1CCN(C)CC1. The third kappa shape index (κ3) is 2.72. The monoisotopic (exact) mass is 348 g/mol. The first-order chi connectivity index (χ1) is 11.7. The van der Waals surface area contributed by atoms with Gasteiger partial charge < -0.3 is 14.7 Å². The van der Waals surface area contributed by atoms with Gasteiger partial charge in [-0.15, -0.1) is 0 Å². The standard InChI is InChI=1S/C19H28N2O4/c1-18(2)10-7-14-15(5-6-16(25-4)17(14)21(23)24)19(18,22)13-8-11-20(3)12-9-13/h5-6,13,22H,7-12H2,1-4H3. The van der Waals surface area contributed by atoms with Crippen LogP contribution in [0, 0.1) is 21.4 Å². The Kier molecular flexibility index (Phi) is 4.54. The molecular formula is C19H28N2O4. The van der Waals surface area contributed by atoms with Gasteiger partial charge in [-0.05, 0) is 68.8 Å². The maximum Gasteiger partial charge on any atom is 0.314 e. The summed E-state index contributed by atoms with van der Waals surface area (Å²) < 4.78 is 5.22. The molecule has 0 radical (unpaired) electrons. The van der Waals surface area contributed by atoms with Gasteiger partial charge in [0, 0.05) is 5.56 Å². The number of piperidine rings is 1. The highest BCUT2D eigenvalue weighted by molar-refractivity contribution is 5.59. The van der Waals surface area contributed by atoms with Crippen molar-refractivity contribution in [3.63, 3.8) is 0 Å². The molecule has 1 atom stereocenters. The largest absolute Gasteiger partial charge is 0.490 e. The number of rotatable bonds is 3. The average molecular weight is 348 g/mol. The topological polar surface area (TPSA) is 75.8 Å². The smallest absolute Gasteiger partial charge is 0.314 e. The van der Waals surface area contributed by atoms with Gasteiger partial charge in [-0.1, -0.05) is 19.9 Å². The molecule has 1 heterocycles. The van der Waals surface area contributed by atoms with Gasteiger partial charge in [0.15, 0.2) is 5.75 Å². The van der Waals surface area contributed by atoms with Crippen LogP contribution in [0.1, 0.15) is 44.2 Å². The van der Waals surface area contributed by atoms with Crippen LogP contribution in [-0.4, -0.2) is 42.2 Å². The lowest BCUT2D eigenvalue weighted by molar-refractivity contribution is -0.386. The van der Waals surface area contributed by atoms with Gasteiger partial charge in [0.25, 0.3) is 0 Å². The maximum absolute atomic E-state index is 12.0. The molecule has 1 saturated heterocycles. The van der Waals surface area contributed by atoms with Crippen molar-refractivity contribution in [3.8, 4) is 5.75 Å². The van der Waals surface area contributed by atoms with Crippen LogP contribution in [0.15, 0.2) is 12.1 Å². The zero-order valence-corrected chi connectivity index (χ0v) is 15.5. The molecule has 1 N–H and O–H groups in total. The Morgan fingerprint density at radius 2 is 1.96 bits per heavy atom. The highest BCUT2D eigenvalue weighted by atomic mass is 16.6. The van der Waals surface area contributed by atoms with Crippen LogP contribution in [0.25, 0.3) is 0 Å². The highest BCUT2D eigenvalue weighted by Crippen LogP contribution is 2.56. The minimum Gasteiger partial charge on any atom is -0.490 e. The minimum atomic E-state index is -1.06. The summed E-state index contributed by atoms with van der Waals surface area (Å²) in [6.07, 6.45) is 3.10. The lowest BCUT2D eigenvalue weighted by Crippen LogP contribution is -2.53. The molecule has 1 fully saturated rings. The van der Waals surface area contributed by atoms with Gasteiger partial charge in [0.05, 0.1) is 17.6 Å². The molecule has 0 amide bonds. The van der Waals surface area contributed by atoms with E-state index in [-0.39, 0.29) is 27.7 Å². The lowest BCUT2D eigenvalue weighted by atomic mass is 9.56. The van der Waals surface area contributed by atoms with Crippen molar-refractivity contribution in [1.82, 2.24) is 4.90 Å². The van der Waals surface area contributed by atoms with Crippen LogP contribution < -0.4 is 4.74 Å². The number of nitro groups is 1. The fourth-order valence-corrected chi connectivity index (χ4v) is 4.78. The van der Waals surface area contributed by atoms with E-state index < -0.39 is 5.60 Å². The highest BCUT2D eigenvalue weighted by Gasteiger charge is 2.54. The Morgan fingerprint density at radius 3 is 2.52 bits per heavy atom. The van der Waals surface area contributed by atoms with Gasteiger partial charge in [-0.3, -0.25) is 10.1 Å². The third-order valence-electron chi connectivity index (χ3n) is 6.40. The van der Waals surface area contributed by atoms with E-state index in [4.69, 9.17) is 4.74 Å². The zero-order valence-electron chi connectivity index (χ0n) is 15.5. The van der Waals surface area contributed by atoms with Crippen molar-refractivity contribution in [2.45, 2.75) is 45.1 Å². The normalized spacial score (nSPS) is 26.9. The molecule has 0 aromatic heterocycles. The van der Waals surface area contributed by atoms with Crippen molar-refractivity contribution in [2.24, 2.45) is 11.3 Å². The quantitative estimate of drug-likeness (QED) is 0.671. The van der Waals surface area contributed by atoms with Crippen LogP contribution in [0.3, 0.4) is 0 Å². The number of hydrogen-bond acceptors (Lipinski definition) is 5. The molecule has 6 nitrogen and oxygen atoms in total. The Labute approximate surface area is 148 Å². The molecule has 138 valence electrons.